The number of carboxylic acid groups (broad SMARTS) is 1. The molecule has 1 unspecified atom stereocenters. The van der Waals surface area contributed by atoms with Gasteiger partial charge in [0.25, 0.3) is 0 Å². The van der Waals surface area contributed by atoms with E-state index in [0.717, 1.165) is 11.1 Å². The molecular weight excluding hydrogens is 230 g/mol. The highest BCUT2D eigenvalue weighted by Crippen LogP contribution is 2.34. The maximum Gasteiger partial charge on any atom is 0.305 e. The largest absolute Gasteiger partial charge is 0.508 e. The molecule has 0 spiro atoms. The minimum atomic E-state index is -0.943. The van der Waals surface area contributed by atoms with Crippen molar-refractivity contribution in [3.8, 4) is 5.75 Å². The predicted octanol–water partition coefficient (Wildman–Crippen LogP) is 2.47. The van der Waals surface area contributed by atoms with Gasteiger partial charge < -0.3 is 15.9 Å². The number of phenols is 1. The molecule has 4 N–H and O–H groups in total. The molecule has 1 rings (SSSR count). The number of aromatic hydroxyl groups is 1. The Morgan fingerprint density at radius 1 is 1.39 bits per heavy atom. The third kappa shape index (κ3) is 3.23. The van der Waals surface area contributed by atoms with E-state index in [-0.39, 0.29) is 17.6 Å². The summed E-state index contributed by atoms with van der Waals surface area (Å²) in [6.07, 6.45) is -0.144. The van der Waals surface area contributed by atoms with E-state index in [2.05, 4.69) is 0 Å². The minimum absolute atomic E-state index is 0.144. The highest BCUT2D eigenvalue weighted by molar-refractivity contribution is 5.68. The van der Waals surface area contributed by atoms with E-state index in [1.54, 1.807) is 6.07 Å². The Morgan fingerprint density at radius 2 is 1.94 bits per heavy atom. The van der Waals surface area contributed by atoms with Crippen molar-refractivity contribution >= 4 is 5.97 Å². The topological polar surface area (TPSA) is 83.5 Å². The van der Waals surface area contributed by atoms with Crippen LogP contribution in [0.2, 0.25) is 0 Å². The molecule has 0 bridgehead atoms. The molecule has 0 aliphatic rings. The van der Waals surface area contributed by atoms with E-state index in [4.69, 9.17) is 10.8 Å². The number of hydrogen-bond acceptors (Lipinski definition) is 3. The van der Waals surface area contributed by atoms with E-state index in [1.807, 2.05) is 33.8 Å². The van der Waals surface area contributed by atoms with Crippen molar-refractivity contribution in [1.29, 1.82) is 0 Å². The molecule has 100 valence electrons. The number of phenolic OH excluding ortho intramolecular Hbond substituents is 1. The van der Waals surface area contributed by atoms with Crippen molar-refractivity contribution in [2.24, 2.45) is 5.73 Å². The Hall–Kier alpha value is -1.55. The average molecular weight is 251 g/mol. The zero-order valence-electron chi connectivity index (χ0n) is 11.3. The first-order chi connectivity index (χ1) is 8.12. The summed E-state index contributed by atoms with van der Waals surface area (Å²) in [6, 6.07) is 2.87. The lowest BCUT2D eigenvalue weighted by atomic mass is 9.83. The predicted molar refractivity (Wildman–Crippen MR) is 70.7 cm³/mol. The number of nitrogens with two attached hydrogens (primary N) is 1. The summed E-state index contributed by atoms with van der Waals surface area (Å²) in [5, 5.41) is 18.8. The minimum Gasteiger partial charge on any atom is -0.508 e. The molecule has 1 aromatic carbocycles. The normalized spacial score (nSPS) is 13.4. The molecule has 18 heavy (non-hydrogen) atoms. The SMILES string of the molecule is Cc1cc(C(C)(C)C)c(O)cc1C(N)CC(=O)O. The zero-order valence-corrected chi connectivity index (χ0v) is 11.3. The quantitative estimate of drug-likeness (QED) is 0.770. The molecule has 0 heterocycles. The summed E-state index contributed by atoms with van der Waals surface area (Å²) in [4.78, 5) is 10.7. The Kier molecular flexibility index (Phi) is 4.02. The van der Waals surface area contributed by atoms with Crippen LogP contribution in [0, 0.1) is 6.92 Å². The number of aliphatic carboxylic acids is 1. The van der Waals surface area contributed by atoms with E-state index in [1.165, 1.54) is 0 Å². The third-order valence-electron chi connectivity index (χ3n) is 2.99. The lowest BCUT2D eigenvalue weighted by Crippen LogP contribution is -2.18. The molecule has 4 nitrogen and oxygen atoms in total. The van der Waals surface area contributed by atoms with Gasteiger partial charge in [0.15, 0.2) is 0 Å². The number of benzene rings is 1. The Balaban J connectivity index is 3.19. The summed E-state index contributed by atoms with van der Waals surface area (Å²) in [6.45, 7) is 7.92. The van der Waals surface area contributed by atoms with Gasteiger partial charge in [-0.2, -0.15) is 0 Å². The fraction of sp³-hybridized carbons (Fsp3) is 0.500. The van der Waals surface area contributed by atoms with Crippen LogP contribution in [-0.2, 0) is 10.2 Å². The third-order valence-corrected chi connectivity index (χ3v) is 2.99. The monoisotopic (exact) mass is 251 g/mol. The van der Waals surface area contributed by atoms with Crippen LogP contribution in [0.1, 0.15) is 49.9 Å². The maximum atomic E-state index is 10.7. The first-order valence-corrected chi connectivity index (χ1v) is 5.94. The highest BCUT2D eigenvalue weighted by Gasteiger charge is 2.21. The summed E-state index contributed by atoms with van der Waals surface area (Å²) >= 11 is 0. The fourth-order valence-corrected chi connectivity index (χ4v) is 2.01. The summed E-state index contributed by atoms with van der Waals surface area (Å²) in [5.74, 6) is -0.773. The number of aryl methyl sites for hydroxylation is 1. The van der Waals surface area contributed by atoms with Gasteiger partial charge in [-0.1, -0.05) is 26.8 Å². The van der Waals surface area contributed by atoms with Crippen LogP contribution < -0.4 is 5.73 Å². The molecule has 0 aliphatic heterocycles. The standard InChI is InChI=1S/C14H21NO3/c1-8-5-10(14(2,3)4)12(16)6-9(8)11(15)7-13(17)18/h5-6,11,16H,7,15H2,1-4H3,(H,17,18). The highest BCUT2D eigenvalue weighted by atomic mass is 16.4. The van der Waals surface area contributed by atoms with Crippen LogP contribution in [0.25, 0.3) is 0 Å². The van der Waals surface area contributed by atoms with Gasteiger partial charge in [-0.05, 0) is 35.1 Å². The van der Waals surface area contributed by atoms with Gasteiger partial charge in [0.05, 0.1) is 6.42 Å². The Morgan fingerprint density at radius 3 is 2.39 bits per heavy atom. The lowest BCUT2D eigenvalue weighted by Gasteiger charge is -2.23. The molecular formula is C14H21NO3. The fourth-order valence-electron chi connectivity index (χ4n) is 2.01. The van der Waals surface area contributed by atoms with Crippen molar-refractivity contribution in [3.63, 3.8) is 0 Å². The van der Waals surface area contributed by atoms with Crippen LogP contribution >= 0.6 is 0 Å². The number of hydrogen-bond donors (Lipinski definition) is 3. The Labute approximate surface area is 107 Å². The second-order valence-corrected chi connectivity index (χ2v) is 5.68. The molecule has 0 radical (unpaired) electrons. The lowest BCUT2D eigenvalue weighted by molar-refractivity contribution is -0.137. The molecule has 4 heteroatoms. The van der Waals surface area contributed by atoms with Crippen LogP contribution in [0.15, 0.2) is 12.1 Å². The van der Waals surface area contributed by atoms with Gasteiger partial charge in [0, 0.05) is 6.04 Å². The maximum absolute atomic E-state index is 10.7. The first kappa shape index (κ1) is 14.5. The first-order valence-electron chi connectivity index (χ1n) is 5.94. The number of carboxylic acids is 1. The molecule has 0 amide bonds. The van der Waals surface area contributed by atoms with E-state index >= 15 is 0 Å². The second-order valence-electron chi connectivity index (χ2n) is 5.68. The van der Waals surface area contributed by atoms with Crippen LogP contribution in [0.4, 0.5) is 0 Å². The van der Waals surface area contributed by atoms with Crippen molar-refractivity contribution in [2.75, 3.05) is 0 Å². The van der Waals surface area contributed by atoms with Gasteiger partial charge in [-0.3, -0.25) is 4.79 Å². The van der Waals surface area contributed by atoms with Crippen LogP contribution in [-0.4, -0.2) is 16.2 Å². The van der Waals surface area contributed by atoms with Crippen molar-refractivity contribution < 1.29 is 15.0 Å². The molecule has 0 fully saturated rings. The second kappa shape index (κ2) is 4.98. The van der Waals surface area contributed by atoms with Crippen molar-refractivity contribution in [1.82, 2.24) is 0 Å². The summed E-state index contributed by atoms with van der Waals surface area (Å²) in [7, 11) is 0. The van der Waals surface area contributed by atoms with Gasteiger partial charge >= 0.3 is 5.97 Å². The van der Waals surface area contributed by atoms with Crippen molar-refractivity contribution in [3.05, 3.63) is 28.8 Å². The van der Waals surface area contributed by atoms with E-state index in [9.17, 15) is 9.90 Å². The smallest absolute Gasteiger partial charge is 0.305 e. The molecule has 1 atom stereocenters. The van der Waals surface area contributed by atoms with Gasteiger partial charge in [-0.15, -0.1) is 0 Å². The van der Waals surface area contributed by atoms with Crippen LogP contribution in [0.5, 0.6) is 5.75 Å². The molecule has 0 aliphatic carbocycles. The molecule has 0 saturated heterocycles. The van der Waals surface area contributed by atoms with Gasteiger partial charge in [0.2, 0.25) is 0 Å². The van der Waals surface area contributed by atoms with Crippen molar-refractivity contribution in [2.45, 2.75) is 45.6 Å². The summed E-state index contributed by atoms with van der Waals surface area (Å²) in [5.41, 5.74) is 8.10. The van der Waals surface area contributed by atoms with Gasteiger partial charge in [-0.25, -0.2) is 0 Å². The number of carbonyl (C=O) groups is 1. The van der Waals surface area contributed by atoms with Gasteiger partial charge in [0.1, 0.15) is 5.75 Å². The average Bonchev–Trinajstić information content (AvgIpc) is 2.18. The molecule has 1 aromatic rings. The summed E-state index contributed by atoms with van der Waals surface area (Å²) < 4.78 is 0. The van der Waals surface area contributed by atoms with E-state index in [0.29, 0.717) is 5.56 Å². The molecule has 0 saturated carbocycles. The van der Waals surface area contributed by atoms with E-state index < -0.39 is 12.0 Å². The van der Waals surface area contributed by atoms with Crippen LogP contribution in [0.3, 0.4) is 0 Å². The number of rotatable bonds is 3. The Bertz CT molecular complexity index is 461. The zero-order chi connectivity index (χ0) is 14.1. The molecule has 0 aromatic heterocycles.